The van der Waals surface area contributed by atoms with Gasteiger partial charge in [-0.1, -0.05) is 18.2 Å². The molecule has 0 spiro atoms. The maximum Gasteiger partial charge on any atom is 0.0645 e. The van der Waals surface area contributed by atoms with Crippen molar-refractivity contribution in [2.75, 3.05) is 6.61 Å². The number of rotatable bonds is 4. The van der Waals surface area contributed by atoms with Gasteiger partial charge in [0.05, 0.1) is 11.9 Å². The third-order valence-electron chi connectivity index (χ3n) is 2.49. The van der Waals surface area contributed by atoms with Crippen molar-refractivity contribution in [1.29, 1.82) is 0 Å². The lowest BCUT2D eigenvalue weighted by molar-refractivity contribution is 0.276. The molecule has 2 rings (SSSR count). The van der Waals surface area contributed by atoms with Crippen molar-refractivity contribution in [1.82, 2.24) is 9.78 Å². The Hall–Kier alpha value is -1.65. The van der Waals surface area contributed by atoms with Crippen molar-refractivity contribution in [2.45, 2.75) is 12.5 Å². The molecule has 1 unspecified atom stereocenters. The lowest BCUT2D eigenvalue weighted by atomic mass is 10.1. The third kappa shape index (κ3) is 2.29. The molecule has 1 aromatic carbocycles. The van der Waals surface area contributed by atoms with Crippen LogP contribution in [0.3, 0.4) is 0 Å². The van der Waals surface area contributed by atoms with Gasteiger partial charge in [0.2, 0.25) is 0 Å². The number of hydrogen-bond acceptors (Lipinski definition) is 3. The summed E-state index contributed by atoms with van der Waals surface area (Å²) in [4.78, 5) is 0. The maximum absolute atomic E-state index is 8.81. The molecular formula is C12H15N3O. The van der Waals surface area contributed by atoms with Crippen LogP contribution in [0.4, 0.5) is 0 Å². The van der Waals surface area contributed by atoms with E-state index >= 15 is 0 Å². The number of para-hydroxylation sites is 1. The number of benzene rings is 1. The van der Waals surface area contributed by atoms with Crippen LogP contribution in [0.15, 0.2) is 42.7 Å². The molecule has 0 aliphatic carbocycles. The Morgan fingerprint density at radius 2 is 2.06 bits per heavy atom. The number of aliphatic hydroxyl groups excluding tert-OH is 1. The Balaban J connectivity index is 2.20. The summed E-state index contributed by atoms with van der Waals surface area (Å²) in [6.45, 7) is 0.0949. The summed E-state index contributed by atoms with van der Waals surface area (Å²) in [7, 11) is 0. The minimum absolute atomic E-state index is 0.0949. The minimum atomic E-state index is -0.150. The normalized spacial score (nSPS) is 12.6. The van der Waals surface area contributed by atoms with Crippen molar-refractivity contribution < 1.29 is 5.11 Å². The number of hydrogen-bond donors (Lipinski definition) is 2. The smallest absolute Gasteiger partial charge is 0.0645 e. The fourth-order valence-corrected chi connectivity index (χ4v) is 1.56. The second kappa shape index (κ2) is 4.92. The van der Waals surface area contributed by atoms with Gasteiger partial charge in [0.25, 0.3) is 0 Å². The highest BCUT2D eigenvalue weighted by Gasteiger charge is 2.08. The number of nitrogens with zero attached hydrogens (tertiary/aromatic N) is 2. The van der Waals surface area contributed by atoms with Crippen molar-refractivity contribution >= 4 is 0 Å². The molecule has 2 aromatic rings. The molecule has 0 fully saturated rings. The van der Waals surface area contributed by atoms with Crippen LogP contribution in [-0.2, 0) is 0 Å². The molecule has 16 heavy (non-hydrogen) atoms. The van der Waals surface area contributed by atoms with Gasteiger partial charge >= 0.3 is 0 Å². The molecule has 1 heterocycles. The van der Waals surface area contributed by atoms with Crippen LogP contribution < -0.4 is 5.73 Å². The Labute approximate surface area is 94.3 Å². The molecular weight excluding hydrogens is 202 g/mol. The lowest BCUT2D eigenvalue weighted by Gasteiger charge is -2.05. The van der Waals surface area contributed by atoms with Crippen LogP contribution in [0, 0.1) is 0 Å². The second-order valence-electron chi connectivity index (χ2n) is 3.67. The Morgan fingerprint density at radius 1 is 1.31 bits per heavy atom. The van der Waals surface area contributed by atoms with Gasteiger partial charge < -0.3 is 10.8 Å². The first-order valence-corrected chi connectivity index (χ1v) is 5.27. The van der Waals surface area contributed by atoms with Crippen molar-refractivity contribution in [3.05, 3.63) is 48.3 Å². The lowest BCUT2D eigenvalue weighted by Crippen LogP contribution is -2.10. The average molecular weight is 217 g/mol. The average Bonchev–Trinajstić information content (AvgIpc) is 2.80. The van der Waals surface area contributed by atoms with E-state index in [1.165, 1.54) is 0 Å². The molecule has 4 heteroatoms. The van der Waals surface area contributed by atoms with E-state index < -0.39 is 0 Å². The SMILES string of the molecule is NC(CCO)c1cnn(-c2ccccc2)c1. The summed E-state index contributed by atoms with van der Waals surface area (Å²) in [5, 5.41) is 13.1. The van der Waals surface area contributed by atoms with E-state index in [0.29, 0.717) is 6.42 Å². The Morgan fingerprint density at radius 3 is 2.75 bits per heavy atom. The minimum Gasteiger partial charge on any atom is -0.396 e. The largest absolute Gasteiger partial charge is 0.396 e. The van der Waals surface area contributed by atoms with Crippen molar-refractivity contribution in [2.24, 2.45) is 5.73 Å². The standard InChI is InChI=1S/C12H15N3O/c13-12(6-7-16)10-8-14-15(9-10)11-4-2-1-3-5-11/h1-5,8-9,12,16H,6-7,13H2. The topological polar surface area (TPSA) is 64.1 Å². The molecule has 0 aliphatic heterocycles. The van der Waals surface area contributed by atoms with Gasteiger partial charge in [-0.2, -0.15) is 5.10 Å². The molecule has 3 N–H and O–H groups in total. The predicted molar refractivity (Wildman–Crippen MR) is 62.2 cm³/mol. The van der Waals surface area contributed by atoms with Gasteiger partial charge in [0, 0.05) is 24.4 Å². The van der Waals surface area contributed by atoms with Crippen LogP contribution in [0.1, 0.15) is 18.0 Å². The molecule has 0 bridgehead atoms. The monoisotopic (exact) mass is 217 g/mol. The highest BCUT2D eigenvalue weighted by atomic mass is 16.3. The molecule has 0 saturated heterocycles. The maximum atomic E-state index is 8.81. The first-order chi connectivity index (χ1) is 7.81. The summed E-state index contributed by atoms with van der Waals surface area (Å²) in [5.74, 6) is 0. The highest BCUT2D eigenvalue weighted by Crippen LogP contribution is 2.14. The van der Waals surface area contributed by atoms with Gasteiger partial charge in [0.15, 0.2) is 0 Å². The predicted octanol–water partition coefficient (Wildman–Crippen LogP) is 1.25. The van der Waals surface area contributed by atoms with Crippen LogP contribution in [0.2, 0.25) is 0 Å². The van der Waals surface area contributed by atoms with Crippen molar-refractivity contribution in [3.8, 4) is 5.69 Å². The molecule has 0 amide bonds. The summed E-state index contributed by atoms with van der Waals surface area (Å²) in [5.41, 5.74) is 7.83. The fourth-order valence-electron chi connectivity index (χ4n) is 1.56. The molecule has 1 aromatic heterocycles. The first kappa shape index (κ1) is 10.9. The molecule has 0 saturated carbocycles. The molecule has 1 atom stereocenters. The zero-order chi connectivity index (χ0) is 11.4. The zero-order valence-electron chi connectivity index (χ0n) is 8.95. The Bertz CT molecular complexity index is 439. The third-order valence-corrected chi connectivity index (χ3v) is 2.49. The van der Waals surface area contributed by atoms with Gasteiger partial charge in [-0.05, 0) is 18.6 Å². The number of aliphatic hydroxyl groups is 1. The second-order valence-corrected chi connectivity index (χ2v) is 3.67. The molecule has 84 valence electrons. The summed E-state index contributed by atoms with van der Waals surface area (Å²) < 4.78 is 1.78. The summed E-state index contributed by atoms with van der Waals surface area (Å²) in [6, 6.07) is 9.70. The number of aromatic nitrogens is 2. The van der Waals surface area contributed by atoms with Crippen LogP contribution in [-0.4, -0.2) is 21.5 Å². The fraction of sp³-hybridized carbons (Fsp3) is 0.250. The van der Waals surface area contributed by atoms with E-state index in [0.717, 1.165) is 11.3 Å². The zero-order valence-corrected chi connectivity index (χ0v) is 8.95. The molecule has 0 aliphatic rings. The van der Waals surface area contributed by atoms with Crippen molar-refractivity contribution in [3.63, 3.8) is 0 Å². The van der Waals surface area contributed by atoms with E-state index in [1.54, 1.807) is 10.9 Å². The quantitative estimate of drug-likeness (QED) is 0.810. The van der Waals surface area contributed by atoms with E-state index in [9.17, 15) is 0 Å². The number of nitrogens with two attached hydrogens (primary N) is 1. The van der Waals surface area contributed by atoms with E-state index in [4.69, 9.17) is 10.8 Å². The van der Waals surface area contributed by atoms with Gasteiger partial charge in [-0.3, -0.25) is 0 Å². The van der Waals surface area contributed by atoms with Crippen LogP contribution in [0.5, 0.6) is 0 Å². The summed E-state index contributed by atoms with van der Waals surface area (Å²) >= 11 is 0. The van der Waals surface area contributed by atoms with E-state index in [2.05, 4.69) is 5.10 Å². The molecule has 4 nitrogen and oxygen atoms in total. The Kier molecular flexibility index (Phi) is 3.34. The van der Waals surface area contributed by atoms with E-state index in [1.807, 2.05) is 36.5 Å². The van der Waals surface area contributed by atoms with Gasteiger partial charge in [-0.15, -0.1) is 0 Å². The van der Waals surface area contributed by atoms with Crippen LogP contribution in [0.25, 0.3) is 5.69 Å². The molecule has 0 radical (unpaired) electrons. The highest BCUT2D eigenvalue weighted by molar-refractivity contribution is 5.31. The van der Waals surface area contributed by atoms with Crippen LogP contribution >= 0.6 is 0 Å². The van der Waals surface area contributed by atoms with Gasteiger partial charge in [0.1, 0.15) is 0 Å². The van der Waals surface area contributed by atoms with Gasteiger partial charge in [-0.25, -0.2) is 4.68 Å². The van der Waals surface area contributed by atoms with E-state index in [-0.39, 0.29) is 12.6 Å². The summed E-state index contributed by atoms with van der Waals surface area (Å²) in [6.07, 6.45) is 4.20. The first-order valence-electron chi connectivity index (χ1n) is 5.27.